The Kier molecular flexibility index (Phi) is 4.83. The van der Waals surface area contributed by atoms with Crippen LogP contribution in [0.4, 0.5) is 5.69 Å². The van der Waals surface area contributed by atoms with Crippen LogP contribution in [0.5, 0.6) is 0 Å². The van der Waals surface area contributed by atoms with Gasteiger partial charge in [-0.05, 0) is 49.9 Å². The van der Waals surface area contributed by atoms with Gasteiger partial charge in [-0.2, -0.15) is 9.78 Å². The summed E-state index contributed by atoms with van der Waals surface area (Å²) in [4.78, 5) is 20.7. The van der Waals surface area contributed by atoms with Crippen molar-refractivity contribution < 1.29 is 4.79 Å². The first kappa shape index (κ1) is 19.9. The molecule has 1 saturated heterocycles. The molecule has 0 N–H and O–H groups in total. The smallest absolute Gasteiger partial charge is 0.279 e. The first-order valence-corrected chi connectivity index (χ1v) is 11.7. The van der Waals surface area contributed by atoms with E-state index in [1.165, 1.54) is 19.3 Å². The Morgan fingerprint density at radius 2 is 1.70 bits per heavy atom. The van der Waals surface area contributed by atoms with E-state index in [1.807, 2.05) is 42.5 Å². The highest BCUT2D eigenvalue weighted by Gasteiger charge is 2.33. The molecule has 0 radical (unpaired) electrons. The van der Waals surface area contributed by atoms with E-state index in [0.29, 0.717) is 0 Å². The quantitative estimate of drug-likeness (QED) is 0.411. The van der Waals surface area contributed by atoms with Gasteiger partial charge in [0.2, 0.25) is 0 Å². The third-order valence-corrected chi connectivity index (χ3v) is 6.83. The highest BCUT2D eigenvalue weighted by Crippen LogP contribution is 2.40. The summed E-state index contributed by atoms with van der Waals surface area (Å²) in [5, 5.41) is 5.96. The normalized spacial score (nSPS) is 16.4. The number of pyridine rings is 1. The average Bonchev–Trinajstić information content (AvgIpc) is 3.24. The second-order valence-corrected chi connectivity index (χ2v) is 9.02. The van der Waals surface area contributed by atoms with Gasteiger partial charge in [0.15, 0.2) is 0 Å². The number of carbonyl (C=O) groups excluding carboxylic acids is 1. The standard InChI is InChI=1S/C28H26N4O/c1-19-17-24-27(31-15-6-3-7-16-31)26(20-9-4-2-5-10-20)30-32(24)28(33)25(19)22-12-13-23-21(18-22)11-8-14-29-23/h2,4-5,8-14,18H,3,6-7,15-17H2,1H3. The van der Waals surface area contributed by atoms with Gasteiger partial charge in [0.05, 0.1) is 16.9 Å². The van der Waals surface area contributed by atoms with Crippen molar-refractivity contribution in [1.82, 2.24) is 14.8 Å². The number of fused-ring (bicyclic) bond motifs is 2. The number of rotatable bonds is 3. The van der Waals surface area contributed by atoms with E-state index in [-0.39, 0.29) is 5.91 Å². The molecule has 4 aromatic rings. The minimum absolute atomic E-state index is 0.0440. The van der Waals surface area contributed by atoms with Gasteiger partial charge in [-0.25, -0.2) is 0 Å². The lowest BCUT2D eigenvalue weighted by Crippen LogP contribution is -2.31. The van der Waals surface area contributed by atoms with Gasteiger partial charge < -0.3 is 4.90 Å². The molecule has 2 aromatic carbocycles. The molecule has 6 rings (SSSR count). The molecule has 0 spiro atoms. The fourth-order valence-electron chi connectivity index (χ4n) is 5.24. The van der Waals surface area contributed by atoms with Crippen molar-refractivity contribution in [3.8, 4) is 11.3 Å². The molecule has 0 unspecified atom stereocenters. The Balaban J connectivity index is 1.49. The summed E-state index contributed by atoms with van der Waals surface area (Å²) >= 11 is 0. The summed E-state index contributed by atoms with van der Waals surface area (Å²) in [5.41, 5.74) is 7.83. The lowest BCUT2D eigenvalue weighted by Gasteiger charge is -2.30. The number of carbonyl (C=O) groups is 1. The topological polar surface area (TPSA) is 51.0 Å². The molecule has 2 aliphatic rings. The SMILES string of the molecule is CC1=C(c2ccc3ncccc3c2)C(=O)n2nc(-c3ccccc3)c(N3CCCCC3)c2C1. The van der Waals surface area contributed by atoms with Gasteiger partial charge >= 0.3 is 0 Å². The second kappa shape index (κ2) is 8.00. The summed E-state index contributed by atoms with van der Waals surface area (Å²) in [6, 6.07) is 20.3. The van der Waals surface area contributed by atoms with Crippen LogP contribution >= 0.6 is 0 Å². The summed E-state index contributed by atoms with van der Waals surface area (Å²) in [6.07, 6.45) is 6.13. The summed E-state index contributed by atoms with van der Waals surface area (Å²) in [7, 11) is 0. The van der Waals surface area contributed by atoms with E-state index >= 15 is 0 Å². The molecule has 0 amide bonds. The minimum atomic E-state index is -0.0440. The minimum Gasteiger partial charge on any atom is -0.368 e. The van der Waals surface area contributed by atoms with Gasteiger partial charge in [0.25, 0.3) is 5.91 Å². The maximum absolute atomic E-state index is 13.9. The number of piperidine rings is 1. The third kappa shape index (κ3) is 3.35. The molecule has 1 fully saturated rings. The Hall–Kier alpha value is -3.73. The highest BCUT2D eigenvalue weighted by molar-refractivity contribution is 6.23. The van der Waals surface area contributed by atoms with Gasteiger partial charge in [0, 0.05) is 42.2 Å². The molecule has 4 heterocycles. The third-order valence-electron chi connectivity index (χ3n) is 6.83. The van der Waals surface area contributed by atoms with Crippen LogP contribution in [0.2, 0.25) is 0 Å². The van der Waals surface area contributed by atoms with Crippen molar-refractivity contribution in [2.24, 2.45) is 0 Å². The number of hydrogen-bond donors (Lipinski definition) is 0. The van der Waals surface area contributed by atoms with Crippen LogP contribution in [0.1, 0.15) is 42.2 Å². The van der Waals surface area contributed by atoms with Crippen molar-refractivity contribution >= 4 is 28.1 Å². The van der Waals surface area contributed by atoms with E-state index in [1.54, 1.807) is 10.9 Å². The van der Waals surface area contributed by atoms with Crippen LogP contribution in [0.3, 0.4) is 0 Å². The Morgan fingerprint density at radius 1 is 0.879 bits per heavy atom. The van der Waals surface area contributed by atoms with E-state index in [2.05, 4.69) is 35.0 Å². The largest absolute Gasteiger partial charge is 0.368 e. The van der Waals surface area contributed by atoms with E-state index in [4.69, 9.17) is 5.10 Å². The molecule has 5 nitrogen and oxygen atoms in total. The van der Waals surface area contributed by atoms with Crippen LogP contribution in [0.15, 0.2) is 72.4 Å². The summed E-state index contributed by atoms with van der Waals surface area (Å²) in [5.74, 6) is -0.0440. The molecular weight excluding hydrogens is 408 g/mol. The van der Waals surface area contributed by atoms with Crippen LogP contribution < -0.4 is 4.90 Å². The van der Waals surface area contributed by atoms with Gasteiger partial charge in [0.1, 0.15) is 5.69 Å². The van der Waals surface area contributed by atoms with Crippen LogP contribution in [-0.4, -0.2) is 33.8 Å². The Morgan fingerprint density at radius 3 is 2.52 bits per heavy atom. The van der Waals surface area contributed by atoms with Crippen LogP contribution in [0.25, 0.3) is 27.7 Å². The van der Waals surface area contributed by atoms with E-state index in [9.17, 15) is 4.79 Å². The van der Waals surface area contributed by atoms with Crippen molar-refractivity contribution in [2.75, 3.05) is 18.0 Å². The Bertz CT molecular complexity index is 1390. The molecule has 2 aliphatic heterocycles. The van der Waals surface area contributed by atoms with E-state index < -0.39 is 0 Å². The lowest BCUT2D eigenvalue weighted by atomic mass is 9.92. The molecule has 0 saturated carbocycles. The number of nitrogens with zero attached hydrogens (tertiary/aromatic N) is 4. The first-order chi connectivity index (χ1) is 16.2. The van der Waals surface area contributed by atoms with Crippen molar-refractivity contribution in [3.05, 3.63) is 83.7 Å². The molecule has 164 valence electrons. The first-order valence-electron chi connectivity index (χ1n) is 11.7. The average molecular weight is 435 g/mol. The molecule has 0 bridgehead atoms. The summed E-state index contributed by atoms with van der Waals surface area (Å²) < 4.78 is 1.67. The number of allylic oxidation sites excluding steroid dienone is 2. The zero-order chi connectivity index (χ0) is 22.4. The summed E-state index contributed by atoms with van der Waals surface area (Å²) in [6.45, 7) is 4.11. The number of anilines is 1. The van der Waals surface area contributed by atoms with Crippen molar-refractivity contribution in [2.45, 2.75) is 32.6 Å². The van der Waals surface area contributed by atoms with Crippen LogP contribution in [-0.2, 0) is 6.42 Å². The van der Waals surface area contributed by atoms with E-state index in [0.717, 1.165) is 69.8 Å². The zero-order valence-electron chi connectivity index (χ0n) is 18.8. The molecule has 2 aromatic heterocycles. The zero-order valence-corrected chi connectivity index (χ0v) is 18.8. The van der Waals surface area contributed by atoms with Gasteiger partial charge in [-0.15, -0.1) is 0 Å². The molecular formula is C28H26N4O. The van der Waals surface area contributed by atoms with Crippen molar-refractivity contribution in [1.29, 1.82) is 0 Å². The molecule has 5 heteroatoms. The lowest BCUT2D eigenvalue weighted by molar-refractivity contribution is 0.0958. The predicted octanol–water partition coefficient (Wildman–Crippen LogP) is 5.76. The maximum Gasteiger partial charge on any atom is 0.279 e. The van der Waals surface area contributed by atoms with Gasteiger partial charge in [-0.3, -0.25) is 9.78 Å². The number of benzene rings is 2. The number of hydrogen-bond acceptors (Lipinski definition) is 4. The molecule has 0 atom stereocenters. The van der Waals surface area contributed by atoms with Gasteiger partial charge in [-0.1, -0.05) is 48.0 Å². The molecule has 33 heavy (non-hydrogen) atoms. The highest BCUT2D eigenvalue weighted by atomic mass is 16.2. The fourth-order valence-corrected chi connectivity index (χ4v) is 5.24. The maximum atomic E-state index is 13.9. The molecule has 0 aliphatic carbocycles. The monoisotopic (exact) mass is 434 g/mol. The predicted molar refractivity (Wildman–Crippen MR) is 132 cm³/mol. The fraction of sp³-hybridized carbons (Fsp3) is 0.250. The van der Waals surface area contributed by atoms with Crippen LogP contribution in [0, 0.1) is 0 Å². The number of aromatic nitrogens is 3. The Labute approximate surface area is 193 Å². The second-order valence-electron chi connectivity index (χ2n) is 9.02. The van der Waals surface area contributed by atoms with Crippen molar-refractivity contribution in [3.63, 3.8) is 0 Å².